The van der Waals surface area contributed by atoms with Crippen LogP contribution < -0.4 is 10.1 Å². The summed E-state index contributed by atoms with van der Waals surface area (Å²) < 4.78 is 5.95. The number of ether oxygens (including phenoxy) is 1. The zero-order valence-corrected chi connectivity index (χ0v) is 15.9. The van der Waals surface area contributed by atoms with Crippen LogP contribution in [0.15, 0.2) is 36.4 Å². The van der Waals surface area contributed by atoms with E-state index in [0.29, 0.717) is 35.0 Å². The Morgan fingerprint density at radius 3 is 2.35 bits per heavy atom. The molecule has 2 rings (SSSR count). The van der Waals surface area contributed by atoms with E-state index in [1.165, 1.54) is 5.56 Å². The summed E-state index contributed by atoms with van der Waals surface area (Å²) in [6.07, 6.45) is 0. The van der Waals surface area contributed by atoms with Gasteiger partial charge in [0.25, 0.3) is 0 Å². The van der Waals surface area contributed by atoms with E-state index in [4.69, 9.17) is 27.9 Å². The fraction of sp³-hybridized carbons (Fsp3) is 0.333. The lowest BCUT2D eigenvalue weighted by Gasteiger charge is -2.16. The minimum absolute atomic E-state index is 0. The van der Waals surface area contributed by atoms with Crippen molar-refractivity contribution in [3.05, 3.63) is 63.1 Å². The number of hydrogen-bond donors (Lipinski definition) is 1. The topological polar surface area (TPSA) is 21.3 Å². The van der Waals surface area contributed by atoms with E-state index < -0.39 is 0 Å². The predicted molar refractivity (Wildman–Crippen MR) is 101 cm³/mol. The molecule has 0 aromatic heterocycles. The third kappa shape index (κ3) is 6.23. The molecule has 0 unspecified atom stereocenters. The number of rotatable bonds is 6. The molecule has 0 aliphatic carbocycles. The first-order chi connectivity index (χ1) is 10.5. The Bertz CT molecular complexity index is 627. The smallest absolute Gasteiger partial charge is 0.142 e. The van der Waals surface area contributed by atoms with Crippen LogP contribution in [0.25, 0.3) is 0 Å². The lowest BCUT2D eigenvalue weighted by molar-refractivity contribution is 0.302. The molecule has 0 spiro atoms. The summed E-state index contributed by atoms with van der Waals surface area (Å²) in [5, 5.41) is 4.53. The average molecular weight is 375 g/mol. The van der Waals surface area contributed by atoms with Crippen LogP contribution in [-0.4, -0.2) is 6.04 Å². The van der Waals surface area contributed by atoms with Gasteiger partial charge in [-0.3, -0.25) is 0 Å². The van der Waals surface area contributed by atoms with E-state index >= 15 is 0 Å². The van der Waals surface area contributed by atoms with Gasteiger partial charge < -0.3 is 10.1 Å². The van der Waals surface area contributed by atoms with Crippen molar-refractivity contribution in [2.45, 2.75) is 40.0 Å². The maximum Gasteiger partial charge on any atom is 0.142 e. The highest BCUT2D eigenvalue weighted by Crippen LogP contribution is 2.33. The van der Waals surface area contributed by atoms with E-state index in [-0.39, 0.29) is 12.4 Å². The third-order valence-corrected chi connectivity index (χ3v) is 3.79. The van der Waals surface area contributed by atoms with Crippen molar-refractivity contribution >= 4 is 35.6 Å². The number of benzene rings is 2. The summed E-state index contributed by atoms with van der Waals surface area (Å²) in [6, 6.07) is 12.3. The van der Waals surface area contributed by atoms with Gasteiger partial charge in [0.1, 0.15) is 12.4 Å². The molecule has 0 aliphatic heterocycles. The molecular weight excluding hydrogens is 353 g/mol. The minimum atomic E-state index is 0. The summed E-state index contributed by atoms with van der Waals surface area (Å²) in [7, 11) is 0. The zero-order chi connectivity index (χ0) is 16.1. The summed E-state index contributed by atoms with van der Waals surface area (Å²) in [4.78, 5) is 0. The van der Waals surface area contributed by atoms with Crippen molar-refractivity contribution in [2.24, 2.45) is 0 Å². The largest absolute Gasteiger partial charge is 0.487 e. The SMILES string of the molecule is Cc1ccc(COc2c(Cl)cc(Cl)cc2CNC(C)C)cc1.Cl. The van der Waals surface area contributed by atoms with Gasteiger partial charge in [0, 0.05) is 23.2 Å². The highest BCUT2D eigenvalue weighted by atomic mass is 35.5. The highest BCUT2D eigenvalue weighted by Gasteiger charge is 2.11. The van der Waals surface area contributed by atoms with E-state index in [2.05, 4.69) is 50.4 Å². The molecule has 2 aromatic carbocycles. The van der Waals surface area contributed by atoms with E-state index in [0.717, 1.165) is 11.1 Å². The Labute approximate surface area is 154 Å². The number of aryl methyl sites for hydroxylation is 1. The second kappa shape index (κ2) is 9.39. The molecule has 2 nitrogen and oxygen atoms in total. The van der Waals surface area contributed by atoms with Crippen LogP contribution >= 0.6 is 35.6 Å². The molecule has 23 heavy (non-hydrogen) atoms. The lowest BCUT2D eigenvalue weighted by Crippen LogP contribution is -2.22. The molecule has 0 saturated carbocycles. The molecule has 126 valence electrons. The van der Waals surface area contributed by atoms with Crippen molar-refractivity contribution in [2.75, 3.05) is 0 Å². The standard InChI is InChI=1S/C18H21Cl2NO.ClH/c1-12(2)21-10-15-8-16(19)9-17(20)18(15)22-11-14-6-4-13(3)5-7-14;/h4-9,12,21H,10-11H2,1-3H3;1H. The minimum Gasteiger partial charge on any atom is -0.487 e. The first-order valence-corrected chi connectivity index (χ1v) is 8.11. The van der Waals surface area contributed by atoms with Gasteiger partial charge in [0.2, 0.25) is 0 Å². The Balaban J connectivity index is 0.00000264. The fourth-order valence-electron chi connectivity index (χ4n) is 2.06. The van der Waals surface area contributed by atoms with Crippen LogP contribution in [0.1, 0.15) is 30.5 Å². The zero-order valence-electron chi connectivity index (χ0n) is 13.5. The van der Waals surface area contributed by atoms with Gasteiger partial charge in [-0.15, -0.1) is 12.4 Å². The van der Waals surface area contributed by atoms with Crippen molar-refractivity contribution in [3.63, 3.8) is 0 Å². The molecule has 2 aromatic rings. The molecule has 0 fully saturated rings. The monoisotopic (exact) mass is 373 g/mol. The third-order valence-electron chi connectivity index (χ3n) is 3.29. The fourth-order valence-corrected chi connectivity index (χ4v) is 2.65. The van der Waals surface area contributed by atoms with Crippen LogP contribution in [-0.2, 0) is 13.2 Å². The summed E-state index contributed by atoms with van der Waals surface area (Å²) in [5.74, 6) is 0.694. The molecule has 5 heteroatoms. The van der Waals surface area contributed by atoms with Crippen LogP contribution in [0.5, 0.6) is 5.75 Å². The van der Waals surface area contributed by atoms with Crippen molar-refractivity contribution in [3.8, 4) is 5.75 Å². The van der Waals surface area contributed by atoms with Crippen molar-refractivity contribution in [1.82, 2.24) is 5.32 Å². The molecule has 0 aliphatic rings. The first kappa shape index (κ1) is 20.1. The van der Waals surface area contributed by atoms with E-state index in [1.54, 1.807) is 6.07 Å². The first-order valence-electron chi connectivity index (χ1n) is 7.35. The van der Waals surface area contributed by atoms with Gasteiger partial charge >= 0.3 is 0 Å². The van der Waals surface area contributed by atoms with E-state index in [9.17, 15) is 0 Å². The van der Waals surface area contributed by atoms with Gasteiger partial charge in [-0.05, 0) is 24.6 Å². The Morgan fingerprint density at radius 2 is 1.74 bits per heavy atom. The van der Waals surface area contributed by atoms with Crippen LogP contribution in [0.4, 0.5) is 0 Å². The highest BCUT2D eigenvalue weighted by molar-refractivity contribution is 6.35. The maximum atomic E-state index is 6.30. The molecule has 0 amide bonds. The molecule has 1 N–H and O–H groups in total. The normalized spacial score (nSPS) is 10.5. The second-order valence-electron chi connectivity index (χ2n) is 5.69. The van der Waals surface area contributed by atoms with Gasteiger partial charge in [0.15, 0.2) is 0 Å². The van der Waals surface area contributed by atoms with Gasteiger partial charge in [-0.2, -0.15) is 0 Å². The second-order valence-corrected chi connectivity index (χ2v) is 6.53. The van der Waals surface area contributed by atoms with Crippen molar-refractivity contribution in [1.29, 1.82) is 0 Å². The number of hydrogen-bond acceptors (Lipinski definition) is 2. The van der Waals surface area contributed by atoms with Gasteiger partial charge in [-0.25, -0.2) is 0 Å². The van der Waals surface area contributed by atoms with Crippen molar-refractivity contribution < 1.29 is 4.74 Å². The Hall–Kier alpha value is -0.930. The molecule has 0 bridgehead atoms. The quantitative estimate of drug-likeness (QED) is 0.690. The molecule has 0 saturated heterocycles. The molecule has 0 heterocycles. The number of nitrogens with one attached hydrogen (secondary N) is 1. The lowest BCUT2D eigenvalue weighted by atomic mass is 10.1. The van der Waals surface area contributed by atoms with E-state index in [1.807, 2.05) is 6.07 Å². The Morgan fingerprint density at radius 1 is 1.09 bits per heavy atom. The molecule has 0 atom stereocenters. The van der Waals surface area contributed by atoms with Gasteiger partial charge in [0.05, 0.1) is 5.02 Å². The van der Waals surface area contributed by atoms with Gasteiger partial charge in [-0.1, -0.05) is 66.9 Å². The predicted octanol–water partition coefficient (Wildman–Crippen LogP) is 5.80. The van der Waals surface area contributed by atoms with Crippen LogP contribution in [0, 0.1) is 6.92 Å². The van der Waals surface area contributed by atoms with Crippen LogP contribution in [0.2, 0.25) is 10.0 Å². The Kier molecular flexibility index (Phi) is 8.21. The number of halogens is 3. The summed E-state index contributed by atoms with van der Waals surface area (Å²) in [6.45, 7) is 7.41. The average Bonchev–Trinajstić information content (AvgIpc) is 2.45. The molecule has 0 radical (unpaired) electrons. The van der Waals surface area contributed by atoms with Crippen LogP contribution in [0.3, 0.4) is 0 Å². The maximum absolute atomic E-state index is 6.30. The molecular formula is C18H22Cl3NO. The summed E-state index contributed by atoms with van der Waals surface area (Å²) >= 11 is 12.4. The summed E-state index contributed by atoms with van der Waals surface area (Å²) in [5.41, 5.74) is 3.31.